The van der Waals surface area contributed by atoms with Crippen molar-refractivity contribution in [3.63, 3.8) is 0 Å². The smallest absolute Gasteiger partial charge is 0.338 e. The van der Waals surface area contributed by atoms with E-state index in [4.69, 9.17) is 14.5 Å². The minimum Gasteiger partial charge on any atom is -0.497 e. The molecule has 5 aromatic rings. The van der Waals surface area contributed by atoms with E-state index in [0.29, 0.717) is 26.4 Å². The summed E-state index contributed by atoms with van der Waals surface area (Å²) in [4.78, 5) is 33.5. The standard InChI is InChI=1S/C37H35N3O4S/c1-7-44-36(42)32-33(26-11-9-8-10-12-26)38-37-40(34(32)27-14-17-30(43-6)18-15-27)35(41)31(45-37)21-28-20-24(4)39(25(28)5)29-16-13-22(2)23(3)19-29/h8-21,34H,7H2,1-6H3/b31-21+/t34-/m0/s1. The van der Waals surface area contributed by atoms with Crippen molar-refractivity contribution < 1.29 is 14.3 Å². The molecular weight excluding hydrogens is 582 g/mol. The molecule has 0 radical (unpaired) electrons. The lowest BCUT2D eigenvalue weighted by atomic mass is 9.93. The summed E-state index contributed by atoms with van der Waals surface area (Å²) in [6.45, 7) is 10.3. The third-order valence-electron chi connectivity index (χ3n) is 8.31. The van der Waals surface area contributed by atoms with Crippen LogP contribution in [0.3, 0.4) is 0 Å². The van der Waals surface area contributed by atoms with E-state index in [9.17, 15) is 9.59 Å². The highest BCUT2D eigenvalue weighted by Gasteiger charge is 2.35. The molecule has 8 heteroatoms. The Balaban J connectivity index is 1.59. The zero-order valence-electron chi connectivity index (χ0n) is 26.3. The van der Waals surface area contributed by atoms with Crippen molar-refractivity contribution in [2.45, 2.75) is 40.7 Å². The number of carbonyl (C=O) groups is 1. The van der Waals surface area contributed by atoms with Gasteiger partial charge in [0, 0.05) is 22.6 Å². The molecule has 3 aromatic carbocycles. The van der Waals surface area contributed by atoms with Crippen LogP contribution in [-0.4, -0.2) is 28.8 Å². The summed E-state index contributed by atoms with van der Waals surface area (Å²) in [7, 11) is 1.60. The van der Waals surface area contributed by atoms with Crippen molar-refractivity contribution in [3.05, 3.63) is 143 Å². The van der Waals surface area contributed by atoms with Gasteiger partial charge in [0.05, 0.1) is 35.6 Å². The molecule has 1 aliphatic rings. The van der Waals surface area contributed by atoms with Crippen LogP contribution in [-0.2, 0) is 9.53 Å². The number of aromatic nitrogens is 2. The van der Waals surface area contributed by atoms with E-state index in [1.54, 1.807) is 18.6 Å². The van der Waals surface area contributed by atoms with Crippen LogP contribution in [0.15, 0.2) is 94.2 Å². The van der Waals surface area contributed by atoms with Crippen LogP contribution in [0.1, 0.15) is 52.2 Å². The molecule has 0 saturated heterocycles. The van der Waals surface area contributed by atoms with Gasteiger partial charge in [0.25, 0.3) is 5.56 Å². The summed E-state index contributed by atoms with van der Waals surface area (Å²) >= 11 is 1.32. The molecule has 0 unspecified atom stereocenters. The van der Waals surface area contributed by atoms with Gasteiger partial charge in [-0.1, -0.05) is 59.9 Å². The fraction of sp³-hybridized carbons (Fsp3) is 0.216. The monoisotopic (exact) mass is 617 g/mol. The number of methoxy groups -OCH3 is 1. The average molecular weight is 618 g/mol. The molecule has 1 atom stereocenters. The van der Waals surface area contributed by atoms with Gasteiger partial charge in [0.1, 0.15) is 5.75 Å². The van der Waals surface area contributed by atoms with Crippen LogP contribution < -0.4 is 19.6 Å². The first-order valence-electron chi connectivity index (χ1n) is 14.9. The zero-order chi connectivity index (χ0) is 31.8. The van der Waals surface area contributed by atoms with E-state index in [-0.39, 0.29) is 12.2 Å². The second-order valence-electron chi connectivity index (χ2n) is 11.1. The van der Waals surface area contributed by atoms with Crippen LogP contribution in [0.4, 0.5) is 0 Å². The number of hydrogen-bond acceptors (Lipinski definition) is 6. The molecule has 0 fully saturated rings. The van der Waals surface area contributed by atoms with Crippen molar-refractivity contribution in [1.29, 1.82) is 0 Å². The number of hydrogen-bond donors (Lipinski definition) is 0. The van der Waals surface area contributed by atoms with Gasteiger partial charge in [-0.05, 0) is 93.3 Å². The summed E-state index contributed by atoms with van der Waals surface area (Å²) in [6, 6.07) is 24.8. The fourth-order valence-electron chi connectivity index (χ4n) is 5.88. The minimum absolute atomic E-state index is 0.195. The molecule has 7 nitrogen and oxygen atoms in total. The fourth-order valence-corrected chi connectivity index (χ4v) is 6.87. The third-order valence-corrected chi connectivity index (χ3v) is 9.29. The number of thiazole rings is 1. The van der Waals surface area contributed by atoms with E-state index >= 15 is 0 Å². The van der Waals surface area contributed by atoms with Gasteiger partial charge < -0.3 is 14.0 Å². The number of benzene rings is 3. The molecule has 0 aliphatic carbocycles. The number of ether oxygens (including phenoxy) is 2. The first kappa shape index (κ1) is 30.1. The van der Waals surface area contributed by atoms with E-state index < -0.39 is 12.0 Å². The van der Waals surface area contributed by atoms with Crippen LogP contribution in [0.2, 0.25) is 0 Å². The average Bonchev–Trinajstić information content (AvgIpc) is 3.51. The van der Waals surface area contributed by atoms with Gasteiger partial charge in [-0.25, -0.2) is 9.79 Å². The summed E-state index contributed by atoms with van der Waals surface area (Å²) < 4.78 is 15.3. The minimum atomic E-state index is -0.744. The maximum absolute atomic E-state index is 14.3. The lowest BCUT2D eigenvalue weighted by Gasteiger charge is -2.26. The Morgan fingerprint density at radius 3 is 2.36 bits per heavy atom. The summed E-state index contributed by atoms with van der Waals surface area (Å²) in [5, 5.41) is 0. The van der Waals surface area contributed by atoms with Gasteiger partial charge in [0.15, 0.2) is 4.80 Å². The predicted octanol–water partition coefficient (Wildman–Crippen LogP) is 5.97. The topological polar surface area (TPSA) is 74.8 Å². The molecule has 0 N–H and O–H groups in total. The SMILES string of the molecule is CCOC(=O)C1=C(c2ccccc2)N=c2s/c(=C/c3cc(C)n(-c4ccc(C)c(C)c4)c3C)c(=O)n2[C@H]1c1ccc(OC)cc1. The van der Waals surface area contributed by atoms with E-state index in [1.807, 2.05) is 60.7 Å². The van der Waals surface area contributed by atoms with Crippen molar-refractivity contribution in [2.24, 2.45) is 4.99 Å². The maximum atomic E-state index is 14.3. The normalized spacial score (nSPS) is 14.7. The highest BCUT2D eigenvalue weighted by Crippen LogP contribution is 2.35. The molecule has 0 saturated carbocycles. The second-order valence-corrected chi connectivity index (χ2v) is 12.1. The Bertz CT molecular complexity index is 2130. The predicted molar refractivity (Wildman–Crippen MR) is 179 cm³/mol. The number of rotatable bonds is 7. The zero-order valence-corrected chi connectivity index (χ0v) is 27.1. The third kappa shape index (κ3) is 5.46. The van der Waals surface area contributed by atoms with Crippen molar-refractivity contribution in [1.82, 2.24) is 9.13 Å². The first-order chi connectivity index (χ1) is 21.7. The Labute approximate surface area is 266 Å². The summed E-state index contributed by atoms with van der Waals surface area (Å²) in [6.07, 6.45) is 1.94. The number of nitrogens with zero attached hydrogens (tertiary/aromatic N) is 3. The number of esters is 1. The van der Waals surface area contributed by atoms with Gasteiger partial charge >= 0.3 is 5.97 Å². The molecule has 6 rings (SSSR count). The first-order valence-corrected chi connectivity index (χ1v) is 15.7. The molecule has 0 bridgehead atoms. The van der Waals surface area contributed by atoms with Crippen molar-refractivity contribution >= 4 is 29.1 Å². The molecule has 2 aromatic heterocycles. The lowest BCUT2D eigenvalue weighted by molar-refractivity contribution is -0.138. The van der Waals surface area contributed by atoms with Gasteiger partial charge in [-0.15, -0.1) is 0 Å². The van der Waals surface area contributed by atoms with Gasteiger partial charge in [0.2, 0.25) is 0 Å². The van der Waals surface area contributed by atoms with Crippen LogP contribution in [0.25, 0.3) is 17.5 Å². The Hall–Kier alpha value is -4.95. The number of fused-ring (bicyclic) bond motifs is 1. The van der Waals surface area contributed by atoms with Crippen molar-refractivity contribution in [3.8, 4) is 11.4 Å². The quantitative estimate of drug-likeness (QED) is 0.211. The van der Waals surface area contributed by atoms with E-state index in [0.717, 1.165) is 33.8 Å². The van der Waals surface area contributed by atoms with Crippen LogP contribution >= 0.6 is 11.3 Å². The van der Waals surface area contributed by atoms with E-state index in [1.165, 1.54) is 22.5 Å². The molecule has 45 heavy (non-hydrogen) atoms. The van der Waals surface area contributed by atoms with Gasteiger partial charge in [-0.3, -0.25) is 9.36 Å². The molecule has 228 valence electrons. The molecular formula is C37H35N3O4S. The molecule has 3 heterocycles. The van der Waals surface area contributed by atoms with Crippen LogP contribution in [0.5, 0.6) is 5.75 Å². The Kier molecular flexibility index (Phi) is 8.16. The summed E-state index contributed by atoms with van der Waals surface area (Å²) in [5.74, 6) is 0.169. The highest BCUT2D eigenvalue weighted by atomic mass is 32.1. The highest BCUT2D eigenvalue weighted by molar-refractivity contribution is 7.07. The molecule has 1 aliphatic heterocycles. The summed E-state index contributed by atoms with van der Waals surface area (Å²) in [5.41, 5.74) is 8.72. The largest absolute Gasteiger partial charge is 0.497 e. The Morgan fingerprint density at radius 2 is 1.69 bits per heavy atom. The lowest BCUT2D eigenvalue weighted by Crippen LogP contribution is -2.40. The second kappa shape index (κ2) is 12.2. The van der Waals surface area contributed by atoms with E-state index in [2.05, 4.69) is 56.5 Å². The maximum Gasteiger partial charge on any atom is 0.338 e. The number of aryl methyl sites for hydroxylation is 3. The molecule has 0 spiro atoms. The molecule has 0 amide bonds. The van der Waals surface area contributed by atoms with Crippen molar-refractivity contribution in [2.75, 3.05) is 13.7 Å². The van der Waals surface area contributed by atoms with Crippen LogP contribution in [0, 0.1) is 27.7 Å². The number of carbonyl (C=O) groups excluding carboxylic acids is 1. The van der Waals surface area contributed by atoms with Gasteiger partial charge in [-0.2, -0.15) is 0 Å². The Morgan fingerprint density at radius 1 is 0.956 bits per heavy atom.